The fraction of sp³-hybridized carbons (Fsp3) is 0.345. The van der Waals surface area contributed by atoms with Gasteiger partial charge >= 0.3 is 0 Å². The number of nitriles is 1. The first-order chi connectivity index (χ1) is 19.2. The number of benzene rings is 1. The fourth-order valence-electron chi connectivity index (χ4n) is 5.33. The quantitative estimate of drug-likeness (QED) is 0.389. The van der Waals surface area contributed by atoms with Crippen molar-refractivity contribution in [2.75, 3.05) is 36.5 Å². The van der Waals surface area contributed by atoms with E-state index in [1.165, 1.54) is 5.56 Å². The Labute approximate surface area is 226 Å². The summed E-state index contributed by atoms with van der Waals surface area (Å²) in [5.41, 5.74) is 3.78. The van der Waals surface area contributed by atoms with Crippen LogP contribution in [0.3, 0.4) is 0 Å². The second kappa shape index (κ2) is 11.1. The van der Waals surface area contributed by atoms with Gasteiger partial charge in [0.2, 0.25) is 0 Å². The molecule has 1 unspecified atom stereocenters. The van der Waals surface area contributed by atoms with Crippen molar-refractivity contribution in [2.24, 2.45) is 0 Å². The van der Waals surface area contributed by atoms with Crippen LogP contribution < -0.4 is 15.5 Å². The molecular weight excluding hydrogens is 492 g/mol. The molecule has 0 aliphatic carbocycles. The van der Waals surface area contributed by atoms with Crippen LogP contribution in [-0.2, 0) is 4.74 Å². The minimum atomic E-state index is -0.116. The van der Waals surface area contributed by atoms with E-state index in [0.717, 1.165) is 56.8 Å². The number of rotatable bonds is 6. The Balaban J connectivity index is 1.13. The summed E-state index contributed by atoms with van der Waals surface area (Å²) in [5.74, 6) is 1.50. The average Bonchev–Trinajstić information content (AvgIpc) is 3.46. The second-order valence-electron chi connectivity index (χ2n) is 10.0. The number of hydrogen-bond donors (Lipinski definition) is 2. The van der Waals surface area contributed by atoms with Crippen LogP contribution >= 0.6 is 0 Å². The second-order valence-corrected chi connectivity index (χ2v) is 10.0. The third kappa shape index (κ3) is 5.54. The highest BCUT2D eigenvalue weighted by atomic mass is 16.5. The zero-order valence-electron chi connectivity index (χ0n) is 21.6. The maximum absolute atomic E-state index is 12.9. The standard InChI is InChI=1S/C29H30N8O2/c30-16-25-28(33-23-6-3-20(4-7-23)21-9-14-39-15-10-21)35-27(17-32-25)36-12-1-2-24(19-36)34-29(38)22-5-8-26-31-11-13-37(26)18-22/h3-8,11,13,17-18,21,24H,1-2,9-10,12,14-15,19H2,(H,33,35)(H,34,38). The molecule has 10 nitrogen and oxygen atoms in total. The molecule has 0 saturated carbocycles. The third-order valence-corrected chi connectivity index (χ3v) is 7.46. The fourth-order valence-corrected chi connectivity index (χ4v) is 5.33. The van der Waals surface area contributed by atoms with Gasteiger partial charge in [-0.3, -0.25) is 4.79 Å². The van der Waals surface area contributed by atoms with Crippen molar-refractivity contribution in [3.05, 3.63) is 78.0 Å². The van der Waals surface area contributed by atoms with Crippen LogP contribution in [0.15, 0.2) is 61.2 Å². The van der Waals surface area contributed by atoms with E-state index in [4.69, 9.17) is 9.72 Å². The van der Waals surface area contributed by atoms with Gasteiger partial charge in [0.25, 0.3) is 5.91 Å². The summed E-state index contributed by atoms with van der Waals surface area (Å²) in [5, 5.41) is 16.1. The van der Waals surface area contributed by atoms with E-state index >= 15 is 0 Å². The van der Waals surface area contributed by atoms with Gasteiger partial charge in [-0.15, -0.1) is 0 Å². The molecule has 2 N–H and O–H groups in total. The number of piperidine rings is 1. The summed E-state index contributed by atoms with van der Waals surface area (Å²) in [6, 6.07) is 14.0. The molecule has 6 rings (SSSR count). The molecule has 2 aliphatic rings. The molecule has 3 aromatic heterocycles. The van der Waals surface area contributed by atoms with Crippen molar-refractivity contribution in [1.29, 1.82) is 5.26 Å². The van der Waals surface area contributed by atoms with E-state index in [1.54, 1.807) is 24.7 Å². The number of carbonyl (C=O) groups is 1. The number of pyridine rings is 1. The number of hydrogen-bond acceptors (Lipinski definition) is 8. The largest absolute Gasteiger partial charge is 0.381 e. The summed E-state index contributed by atoms with van der Waals surface area (Å²) < 4.78 is 7.32. The molecule has 10 heteroatoms. The minimum Gasteiger partial charge on any atom is -0.381 e. The number of imidazole rings is 1. The Kier molecular flexibility index (Phi) is 7.06. The topological polar surface area (TPSA) is 120 Å². The molecule has 2 aliphatic heterocycles. The Morgan fingerprint density at radius 3 is 2.74 bits per heavy atom. The lowest BCUT2D eigenvalue weighted by atomic mass is 9.92. The number of carbonyl (C=O) groups excluding carboxylic acids is 1. The first kappa shape index (κ1) is 24.8. The number of fused-ring (bicyclic) bond motifs is 1. The molecule has 39 heavy (non-hydrogen) atoms. The first-order valence-electron chi connectivity index (χ1n) is 13.4. The van der Waals surface area contributed by atoms with E-state index in [-0.39, 0.29) is 17.6 Å². The molecule has 2 fully saturated rings. The van der Waals surface area contributed by atoms with Gasteiger partial charge in [-0.1, -0.05) is 12.1 Å². The predicted molar refractivity (Wildman–Crippen MR) is 147 cm³/mol. The van der Waals surface area contributed by atoms with Gasteiger partial charge < -0.3 is 24.7 Å². The highest BCUT2D eigenvalue weighted by Gasteiger charge is 2.24. The van der Waals surface area contributed by atoms with Gasteiger partial charge in [0.1, 0.15) is 17.5 Å². The van der Waals surface area contributed by atoms with Gasteiger partial charge in [0.15, 0.2) is 11.5 Å². The lowest BCUT2D eigenvalue weighted by molar-refractivity contribution is 0.0853. The van der Waals surface area contributed by atoms with E-state index in [0.29, 0.717) is 29.7 Å². The molecule has 5 heterocycles. The lowest BCUT2D eigenvalue weighted by Gasteiger charge is -2.34. The van der Waals surface area contributed by atoms with E-state index in [1.807, 2.05) is 28.8 Å². The van der Waals surface area contributed by atoms with Crippen LogP contribution in [0.5, 0.6) is 0 Å². The summed E-state index contributed by atoms with van der Waals surface area (Å²) in [4.78, 5) is 28.4. The molecule has 0 spiro atoms. The zero-order valence-corrected chi connectivity index (χ0v) is 21.6. The number of aromatic nitrogens is 4. The lowest BCUT2D eigenvalue weighted by Crippen LogP contribution is -2.48. The van der Waals surface area contributed by atoms with Crippen molar-refractivity contribution >= 4 is 28.9 Å². The monoisotopic (exact) mass is 522 g/mol. The smallest absolute Gasteiger partial charge is 0.253 e. The van der Waals surface area contributed by atoms with Crippen LogP contribution in [-0.4, -0.2) is 57.6 Å². The Bertz CT molecular complexity index is 1500. The van der Waals surface area contributed by atoms with Crippen LogP contribution in [0, 0.1) is 11.3 Å². The Morgan fingerprint density at radius 2 is 1.92 bits per heavy atom. The molecule has 2 saturated heterocycles. The van der Waals surface area contributed by atoms with Crippen LogP contribution in [0.2, 0.25) is 0 Å². The minimum absolute atomic E-state index is 0.0312. The van der Waals surface area contributed by atoms with Gasteiger partial charge in [0, 0.05) is 56.6 Å². The molecule has 0 radical (unpaired) electrons. The first-order valence-corrected chi connectivity index (χ1v) is 13.4. The SMILES string of the molecule is N#Cc1ncc(N2CCCC(NC(=O)c3ccc4nccn4c3)C2)nc1Nc1ccc(C2CCOCC2)cc1. The number of nitrogens with one attached hydrogen (secondary N) is 2. The number of nitrogens with zero attached hydrogens (tertiary/aromatic N) is 6. The normalized spacial score (nSPS) is 18.0. The number of amides is 1. The highest BCUT2D eigenvalue weighted by molar-refractivity contribution is 5.94. The van der Waals surface area contributed by atoms with E-state index < -0.39 is 0 Å². The highest BCUT2D eigenvalue weighted by Crippen LogP contribution is 2.29. The van der Waals surface area contributed by atoms with E-state index in [2.05, 4.69) is 43.7 Å². The third-order valence-electron chi connectivity index (χ3n) is 7.46. The summed E-state index contributed by atoms with van der Waals surface area (Å²) >= 11 is 0. The average molecular weight is 523 g/mol. The maximum atomic E-state index is 12.9. The summed E-state index contributed by atoms with van der Waals surface area (Å²) in [7, 11) is 0. The van der Waals surface area contributed by atoms with Crippen molar-refractivity contribution in [3.8, 4) is 6.07 Å². The number of ether oxygens (including phenoxy) is 1. The Morgan fingerprint density at radius 1 is 1.08 bits per heavy atom. The van der Waals surface area contributed by atoms with Crippen molar-refractivity contribution in [1.82, 2.24) is 24.7 Å². The van der Waals surface area contributed by atoms with E-state index in [9.17, 15) is 10.1 Å². The maximum Gasteiger partial charge on any atom is 0.253 e. The summed E-state index contributed by atoms with van der Waals surface area (Å²) in [6.45, 7) is 3.02. The molecule has 1 amide bonds. The van der Waals surface area contributed by atoms with Gasteiger partial charge in [0.05, 0.1) is 11.8 Å². The van der Waals surface area contributed by atoms with Crippen LogP contribution in [0.4, 0.5) is 17.3 Å². The van der Waals surface area contributed by atoms with Crippen LogP contribution in [0.1, 0.15) is 53.2 Å². The molecule has 1 aromatic carbocycles. The van der Waals surface area contributed by atoms with Gasteiger partial charge in [-0.25, -0.2) is 15.0 Å². The summed E-state index contributed by atoms with van der Waals surface area (Å²) in [6.07, 6.45) is 10.8. The molecule has 0 bridgehead atoms. The zero-order chi connectivity index (χ0) is 26.6. The molecular formula is C29H30N8O2. The van der Waals surface area contributed by atoms with Crippen LogP contribution in [0.25, 0.3) is 5.65 Å². The molecule has 1 atom stereocenters. The number of anilines is 3. The van der Waals surface area contributed by atoms with Crippen molar-refractivity contribution in [3.63, 3.8) is 0 Å². The van der Waals surface area contributed by atoms with Crippen molar-refractivity contribution < 1.29 is 9.53 Å². The van der Waals surface area contributed by atoms with Gasteiger partial charge in [-0.05, 0) is 61.4 Å². The Hall–Kier alpha value is -4.49. The van der Waals surface area contributed by atoms with Crippen molar-refractivity contribution in [2.45, 2.75) is 37.6 Å². The molecule has 4 aromatic rings. The van der Waals surface area contributed by atoms with Gasteiger partial charge in [-0.2, -0.15) is 5.26 Å². The molecule has 198 valence electrons. The predicted octanol–water partition coefficient (Wildman–Crippen LogP) is 4.03.